The Kier molecular flexibility index (Phi) is 8.59. The summed E-state index contributed by atoms with van der Waals surface area (Å²) in [6, 6.07) is 8.46. The van der Waals surface area contributed by atoms with E-state index in [2.05, 4.69) is 5.32 Å². The van der Waals surface area contributed by atoms with Gasteiger partial charge in [-0.2, -0.15) is 13.2 Å². The molecule has 32 heavy (non-hydrogen) atoms. The summed E-state index contributed by atoms with van der Waals surface area (Å²) in [5, 5.41) is 11.5. The first-order valence-electron chi connectivity index (χ1n) is 9.74. The molecule has 2 unspecified atom stereocenters. The van der Waals surface area contributed by atoms with Crippen molar-refractivity contribution >= 4 is 11.9 Å². The molecule has 0 saturated heterocycles. The summed E-state index contributed by atoms with van der Waals surface area (Å²) in [6.45, 7) is 3.10. The number of carbonyl (C=O) groups is 2. The van der Waals surface area contributed by atoms with Gasteiger partial charge in [0, 0.05) is 19.6 Å². The second-order valence-electron chi connectivity index (χ2n) is 6.95. The van der Waals surface area contributed by atoms with Crippen LogP contribution in [0.15, 0.2) is 42.5 Å². The fourth-order valence-electron chi connectivity index (χ4n) is 2.84. The number of alkyl halides is 3. The van der Waals surface area contributed by atoms with Gasteiger partial charge in [0.05, 0.1) is 5.56 Å². The highest BCUT2D eigenvalue weighted by molar-refractivity contribution is 5.80. The Hall–Kier alpha value is -3.14. The van der Waals surface area contributed by atoms with E-state index in [1.54, 1.807) is 31.2 Å². The minimum atomic E-state index is -4.70. The topological polar surface area (TPSA) is 84.9 Å². The molecule has 0 aliphatic carbocycles. The Bertz CT molecular complexity index is 931. The summed E-state index contributed by atoms with van der Waals surface area (Å²) in [4.78, 5) is 23.4. The lowest BCUT2D eigenvalue weighted by molar-refractivity contribution is -0.150. The smallest absolute Gasteiger partial charge is 0.416 e. The van der Waals surface area contributed by atoms with Gasteiger partial charge in [-0.1, -0.05) is 12.1 Å². The maximum Gasteiger partial charge on any atom is 0.416 e. The minimum Gasteiger partial charge on any atom is -0.481 e. The molecule has 2 aromatic rings. The average Bonchev–Trinajstić information content (AvgIpc) is 2.71. The SMILES string of the molecule is CCOC(Cc1ccc(OC(C)C(=O)NCc2cc(F)cc(C(F)(F)F)c2)cc1)C(=O)O. The molecule has 0 saturated carbocycles. The zero-order valence-electron chi connectivity index (χ0n) is 17.4. The summed E-state index contributed by atoms with van der Waals surface area (Å²) in [5.41, 5.74) is -0.480. The van der Waals surface area contributed by atoms with E-state index in [0.717, 1.165) is 12.1 Å². The van der Waals surface area contributed by atoms with Gasteiger partial charge in [-0.25, -0.2) is 9.18 Å². The Morgan fingerprint density at radius 2 is 1.75 bits per heavy atom. The van der Waals surface area contributed by atoms with Crippen molar-refractivity contribution in [3.63, 3.8) is 0 Å². The third-order valence-electron chi connectivity index (χ3n) is 4.42. The number of aliphatic carboxylic acids is 1. The monoisotopic (exact) mass is 457 g/mol. The Labute approximate surface area is 182 Å². The predicted octanol–water partition coefficient (Wildman–Crippen LogP) is 3.96. The van der Waals surface area contributed by atoms with Crippen LogP contribution in [0.2, 0.25) is 0 Å². The number of carbonyl (C=O) groups excluding carboxylic acids is 1. The highest BCUT2D eigenvalue weighted by Crippen LogP contribution is 2.30. The number of carboxylic acids is 1. The van der Waals surface area contributed by atoms with Gasteiger partial charge in [0.25, 0.3) is 5.91 Å². The van der Waals surface area contributed by atoms with E-state index in [0.29, 0.717) is 17.4 Å². The van der Waals surface area contributed by atoms with E-state index in [1.807, 2.05) is 0 Å². The van der Waals surface area contributed by atoms with Crippen molar-refractivity contribution in [1.82, 2.24) is 5.32 Å². The summed E-state index contributed by atoms with van der Waals surface area (Å²) in [7, 11) is 0. The van der Waals surface area contributed by atoms with Crippen LogP contribution in [0.25, 0.3) is 0 Å². The number of halogens is 4. The van der Waals surface area contributed by atoms with E-state index in [1.165, 1.54) is 6.92 Å². The van der Waals surface area contributed by atoms with Crippen molar-refractivity contribution in [2.24, 2.45) is 0 Å². The maximum atomic E-state index is 13.4. The van der Waals surface area contributed by atoms with Crippen molar-refractivity contribution in [3.8, 4) is 5.75 Å². The molecule has 10 heteroatoms. The van der Waals surface area contributed by atoms with Crippen molar-refractivity contribution in [1.29, 1.82) is 0 Å². The molecule has 0 fully saturated rings. The Balaban J connectivity index is 1.93. The van der Waals surface area contributed by atoms with Crippen LogP contribution in [0.4, 0.5) is 17.6 Å². The van der Waals surface area contributed by atoms with Crippen LogP contribution in [0, 0.1) is 5.82 Å². The molecule has 0 radical (unpaired) electrons. The Morgan fingerprint density at radius 3 is 2.31 bits per heavy atom. The molecule has 0 aromatic heterocycles. The molecule has 0 aliphatic rings. The van der Waals surface area contributed by atoms with E-state index in [9.17, 15) is 27.2 Å². The molecule has 2 rings (SSSR count). The normalized spacial score (nSPS) is 13.3. The second kappa shape index (κ2) is 10.9. The first-order chi connectivity index (χ1) is 15.0. The average molecular weight is 457 g/mol. The van der Waals surface area contributed by atoms with Gasteiger partial charge in [-0.3, -0.25) is 4.79 Å². The first kappa shape index (κ1) is 25.1. The lowest BCUT2D eigenvalue weighted by Crippen LogP contribution is -2.36. The largest absolute Gasteiger partial charge is 0.481 e. The van der Waals surface area contributed by atoms with Gasteiger partial charge in [0.1, 0.15) is 11.6 Å². The molecule has 1 amide bonds. The molecule has 2 atom stereocenters. The Morgan fingerprint density at radius 1 is 1.09 bits per heavy atom. The molecule has 6 nitrogen and oxygen atoms in total. The molecular formula is C22H23F4NO5. The van der Waals surface area contributed by atoms with Crippen LogP contribution in [0.3, 0.4) is 0 Å². The lowest BCUT2D eigenvalue weighted by atomic mass is 10.1. The number of nitrogens with one attached hydrogen (secondary N) is 1. The van der Waals surface area contributed by atoms with Crippen LogP contribution < -0.4 is 10.1 Å². The molecule has 2 aromatic carbocycles. The summed E-state index contributed by atoms with van der Waals surface area (Å²) >= 11 is 0. The number of rotatable bonds is 10. The van der Waals surface area contributed by atoms with Gasteiger partial charge in [-0.05, 0) is 55.3 Å². The third-order valence-corrected chi connectivity index (χ3v) is 4.42. The molecule has 174 valence electrons. The van der Waals surface area contributed by atoms with Crippen LogP contribution in [0.1, 0.15) is 30.5 Å². The van der Waals surface area contributed by atoms with Crippen molar-refractivity contribution in [2.75, 3.05) is 6.61 Å². The number of benzene rings is 2. The van der Waals surface area contributed by atoms with E-state index < -0.39 is 41.6 Å². The second-order valence-corrected chi connectivity index (χ2v) is 6.95. The molecule has 0 bridgehead atoms. The number of hydrogen-bond donors (Lipinski definition) is 2. The molecule has 0 spiro atoms. The predicted molar refractivity (Wildman–Crippen MR) is 107 cm³/mol. The maximum absolute atomic E-state index is 13.4. The van der Waals surface area contributed by atoms with Gasteiger partial charge in [0.2, 0.25) is 0 Å². The third kappa shape index (κ3) is 7.52. The van der Waals surface area contributed by atoms with Crippen molar-refractivity contribution in [2.45, 2.75) is 45.2 Å². The molecular weight excluding hydrogens is 434 g/mol. The zero-order chi connectivity index (χ0) is 23.9. The van der Waals surface area contributed by atoms with Gasteiger partial charge in [0.15, 0.2) is 12.2 Å². The minimum absolute atomic E-state index is 0.0375. The van der Waals surface area contributed by atoms with Crippen LogP contribution >= 0.6 is 0 Å². The highest BCUT2D eigenvalue weighted by Gasteiger charge is 2.31. The van der Waals surface area contributed by atoms with Crippen LogP contribution in [-0.2, 0) is 33.5 Å². The number of hydrogen-bond acceptors (Lipinski definition) is 4. The molecule has 2 N–H and O–H groups in total. The van der Waals surface area contributed by atoms with Gasteiger partial charge < -0.3 is 19.9 Å². The van der Waals surface area contributed by atoms with Crippen LogP contribution in [0.5, 0.6) is 5.75 Å². The lowest BCUT2D eigenvalue weighted by Gasteiger charge is -2.16. The van der Waals surface area contributed by atoms with Crippen LogP contribution in [-0.4, -0.2) is 35.8 Å². The van der Waals surface area contributed by atoms with E-state index in [4.69, 9.17) is 14.6 Å². The fraction of sp³-hybridized carbons (Fsp3) is 0.364. The van der Waals surface area contributed by atoms with Gasteiger partial charge >= 0.3 is 12.1 Å². The van der Waals surface area contributed by atoms with E-state index in [-0.39, 0.29) is 25.1 Å². The number of amides is 1. The van der Waals surface area contributed by atoms with E-state index >= 15 is 0 Å². The fourth-order valence-corrected chi connectivity index (χ4v) is 2.84. The standard InChI is InChI=1S/C22H23F4NO5/c1-3-31-19(21(29)30)10-14-4-6-18(7-5-14)32-13(2)20(28)27-12-15-8-16(22(24,25)26)11-17(23)9-15/h4-9,11,13,19H,3,10,12H2,1-2H3,(H,27,28)(H,29,30). The first-order valence-corrected chi connectivity index (χ1v) is 9.74. The summed E-state index contributed by atoms with van der Waals surface area (Å²) < 4.78 is 62.5. The zero-order valence-corrected chi connectivity index (χ0v) is 17.4. The number of carboxylic acid groups (broad SMARTS) is 1. The van der Waals surface area contributed by atoms with Crippen molar-refractivity contribution < 1.29 is 41.7 Å². The quantitative estimate of drug-likeness (QED) is 0.528. The summed E-state index contributed by atoms with van der Waals surface area (Å²) in [6.07, 6.45) is -6.49. The molecule has 0 aliphatic heterocycles. The summed E-state index contributed by atoms with van der Waals surface area (Å²) in [5.74, 6) is -2.39. The van der Waals surface area contributed by atoms with Gasteiger partial charge in [-0.15, -0.1) is 0 Å². The van der Waals surface area contributed by atoms with Crippen molar-refractivity contribution in [3.05, 3.63) is 65.0 Å². The highest BCUT2D eigenvalue weighted by atomic mass is 19.4. The molecule has 0 heterocycles. The number of ether oxygens (including phenoxy) is 2.